The Labute approximate surface area is 167 Å². The fourth-order valence-corrected chi connectivity index (χ4v) is 3.42. The molecular weight excluding hydrogens is 378 g/mol. The van der Waals surface area contributed by atoms with Gasteiger partial charge in [0, 0.05) is 12.1 Å². The average molecular weight is 399 g/mol. The van der Waals surface area contributed by atoms with E-state index < -0.39 is 5.25 Å². The molecule has 0 saturated carbocycles. The summed E-state index contributed by atoms with van der Waals surface area (Å²) in [6.07, 6.45) is 0. The molecule has 0 fully saturated rings. The molecule has 0 spiro atoms. The lowest BCUT2D eigenvalue weighted by Gasteiger charge is -2.14. The van der Waals surface area contributed by atoms with Crippen LogP contribution in [-0.4, -0.2) is 45.6 Å². The molecule has 2 aromatic carbocycles. The summed E-state index contributed by atoms with van der Waals surface area (Å²) in [4.78, 5) is 12.5. The Morgan fingerprint density at radius 3 is 2.54 bits per heavy atom. The number of benzene rings is 2. The predicted octanol–water partition coefficient (Wildman–Crippen LogP) is 2.48. The van der Waals surface area contributed by atoms with Crippen LogP contribution in [0.15, 0.2) is 53.7 Å². The van der Waals surface area contributed by atoms with E-state index in [0.29, 0.717) is 23.1 Å². The molecule has 8 nitrogen and oxygen atoms in total. The first-order chi connectivity index (χ1) is 13.6. The third kappa shape index (κ3) is 4.42. The van der Waals surface area contributed by atoms with Gasteiger partial charge in [0.05, 0.1) is 19.5 Å². The second-order valence-corrected chi connectivity index (χ2v) is 7.14. The Hall–Kier alpha value is -3.07. The normalized spacial score (nSPS) is 11.7. The van der Waals surface area contributed by atoms with Crippen molar-refractivity contribution < 1.29 is 14.3 Å². The number of carbonyl (C=O) groups is 1. The van der Waals surface area contributed by atoms with Gasteiger partial charge in [-0.25, -0.2) is 0 Å². The van der Waals surface area contributed by atoms with Crippen molar-refractivity contribution in [3.63, 3.8) is 0 Å². The second kappa shape index (κ2) is 9.23. The molecule has 3 aromatic rings. The predicted molar refractivity (Wildman–Crippen MR) is 106 cm³/mol. The number of nitrogens with one attached hydrogen (secondary N) is 1. The van der Waals surface area contributed by atoms with Gasteiger partial charge in [0.1, 0.15) is 17.2 Å². The monoisotopic (exact) mass is 399 g/mol. The molecule has 1 heterocycles. The molecule has 0 bridgehead atoms. The largest absolute Gasteiger partial charge is 0.496 e. The van der Waals surface area contributed by atoms with Crippen LogP contribution in [0.3, 0.4) is 0 Å². The quantitative estimate of drug-likeness (QED) is 0.582. The van der Waals surface area contributed by atoms with E-state index in [1.807, 2.05) is 55.5 Å². The van der Waals surface area contributed by atoms with E-state index in [9.17, 15) is 4.79 Å². The van der Waals surface area contributed by atoms with Crippen molar-refractivity contribution in [3.8, 4) is 17.2 Å². The van der Waals surface area contributed by atoms with Gasteiger partial charge in [-0.2, -0.15) is 4.68 Å². The first kappa shape index (κ1) is 19.7. The number of para-hydroxylation sites is 3. The second-order valence-electron chi connectivity index (χ2n) is 5.83. The molecule has 0 radical (unpaired) electrons. The van der Waals surface area contributed by atoms with Crippen LogP contribution in [0.2, 0.25) is 0 Å². The molecule has 0 saturated heterocycles. The molecule has 0 aliphatic rings. The minimum absolute atomic E-state index is 0.120. The highest BCUT2D eigenvalue weighted by Gasteiger charge is 2.20. The molecule has 9 heteroatoms. The molecule has 0 unspecified atom stereocenters. The average Bonchev–Trinajstić information content (AvgIpc) is 3.19. The number of nitrogens with zero attached hydrogens (tertiary/aromatic N) is 4. The van der Waals surface area contributed by atoms with E-state index in [1.165, 1.54) is 11.8 Å². The van der Waals surface area contributed by atoms with E-state index in [0.717, 1.165) is 11.3 Å². The number of thioether (sulfide) groups is 1. The van der Waals surface area contributed by atoms with Gasteiger partial charge in [0.15, 0.2) is 0 Å². The summed E-state index contributed by atoms with van der Waals surface area (Å²) in [6, 6.07) is 15.0. The number of hydrogen-bond donors (Lipinski definition) is 1. The standard InChI is InChI=1S/C19H21N5O3S/c1-13(18(25)20-12-14-8-4-6-10-16(14)26-2)28-19-21-22-23-24(19)15-9-5-7-11-17(15)27-3/h4-11,13H,12H2,1-3H3,(H,20,25)/t13-/m1/s1. The maximum absolute atomic E-state index is 12.5. The minimum Gasteiger partial charge on any atom is -0.496 e. The number of ether oxygens (including phenoxy) is 2. The highest BCUT2D eigenvalue weighted by molar-refractivity contribution is 8.00. The Balaban J connectivity index is 1.68. The lowest BCUT2D eigenvalue weighted by molar-refractivity contribution is -0.120. The van der Waals surface area contributed by atoms with E-state index in [-0.39, 0.29) is 5.91 Å². The van der Waals surface area contributed by atoms with Crippen molar-refractivity contribution >= 4 is 17.7 Å². The van der Waals surface area contributed by atoms with Crippen molar-refractivity contribution in [2.24, 2.45) is 0 Å². The van der Waals surface area contributed by atoms with Crippen LogP contribution in [0, 0.1) is 0 Å². The van der Waals surface area contributed by atoms with Crippen molar-refractivity contribution in [1.82, 2.24) is 25.5 Å². The molecule has 3 rings (SSSR count). The number of carbonyl (C=O) groups excluding carboxylic acids is 1. The number of aromatic nitrogens is 4. The van der Waals surface area contributed by atoms with Crippen LogP contribution in [-0.2, 0) is 11.3 Å². The molecule has 0 aliphatic heterocycles. The zero-order valence-corrected chi connectivity index (χ0v) is 16.6. The van der Waals surface area contributed by atoms with Crippen LogP contribution in [0.1, 0.15) is 12.5 Å². The first-order valence-electron chi connectivity index (χ1n) is 8.62. The maximum atomic E-state index is 12.5. The molecular formula is C19H21N5O3S. The fourth-order valence-electron chi connectivity index (χ4n) is 2.60. The molecule has 1 atom stereocenters. The number of hydrogen-bond acceptors (Lipinski definition) is 7. The first-order valence-corrected chi connectivity index (χ1v) is 9.50. The zero-order chi connectivity index (χ0) is 19.9. The van der Waals surface area contributed by atoms with Gasteiger partial charge in [0.25, 0.3) is 0 Å². The van der Waals surface area contributed by atoms with Crippen molar-refractivity contribution in [2.45, 2.75) is 23.9 Å². The Bertz CT molecular complexity index is 947. The van der Waals surface area contributed by atoms with E-state index in [2.05, 4.69) is 20.8 Å². The van der Waals surface area contributed by atoms with Crippen LogP contribution in [0.25, 0.3) is 5.69 Å². The summed E-state index contributed by atoms with van der Waals surface area (Å²) in [5.41, 5.74) is 1.62. The third-order valence-corrected chi connectivity index (χ3v) is 5.08. The van der Waals surface area contributed by atoms with Gasteiger partial charge >= 0.3 is 0 Å². The maximum Gasteiger partial charge on any atom is 0.233 e. The highest BCUT2D eigenvalue weighted by atomic mass is 32.2. The topological polar surface area (TPSA) is 91.2 Å². The SMILES string of the molecule is COc1ccccc1CNC(=O)[C@@H](C)Sc1nnnn1-c1ccccc1OC. The summed E-state index contributed by atoms with van der Waals surface area (Å²) in [6.45, 7) is 2.19. The fraction of sp³-hybridized carbons (Fsp3) is 0.263. The van der Waals surface area contributed by atoms with Crippen molar-refractivity contribution in [1.29, 1.82) is 0 Å². The Kier molecular flexibility index (Phi) is 6.49. The van der Waals surface area contributed by atoms with Crippen molar-refractivity contribution in [2.75, 3.05) is 14.2 Å². The number of rotatable bonds is 8. The van der Waals surface area contributed by atoms with Gasteiger partial charge in [-0.15, -0.1) is 5.10 Å². The summed E-state index contributed by atoms with van der Waals surface area (Å²) in [5.74, 6) is 1.26. The van der Waals surface area contributed by atoms with Gasteiger partial charge in [0.2, 0.25) is 11.1 Å². The van der Waals surface area contributed by atoms with Crippen LogP contribution in [0.4, 0.5) is 0 Å². The van der Waals surface area contributed by atoms with Gasteiger partial charge in [-0.3, -0.25) is 4.79 Å². The summed E-state index contributed by atoms with van der Waals surface area (Å²) in [7, 11) is 3.20. The lowest BCUT2D eigenvalue weighted by Crippen LogP contribution is -2.30. The summed E-state index contributed by atoms with van der Waals surface area (Å²) in [5, 5.41) is 14.9. The van der Waals surface area contributed by atoms with Crippen LogP contribution in [0.5, 0.6) is 11.5 Å². The molecule has 146 valence electrons. The molecule has 1 aromatic heterocycles. The molecule has 1 amide bonds. The van der Waals surface area contributed by atoms with Gasteiger partial charge in [-0.05, 0) is 35.5 Å². The molecule has 0 aliphatic carbocycles. The Morgan fingerprint density at radius 2 is 1.79 bits per heavy atom. The van der Waals surface area contributed by atoms with E-state index >= 15 is 0 Å². The Morgan fingerprint density at radius 1 is 1.11 bits per heavy atom. The van der Waals surface area contributed by atoms with E-state index in [4.69, 9.17) is 9.47 Å². The number of amides is 1. The summed E-state index contributed by atoms with van der Waals surface area (Å²) >= 11 is 1.27. The van der Waals surface area contributed by atoms with Gasteiger partial charge < -0.3 is 14.8 Å². The smallest absolute Gasteiger partial charge is 0.233 e. The zero-order valence-electron chi connectivity index (χ0n) is 15.8. The van der Waals surface area contributed by atoms with Crippen molar-refractivity contribution in [3.05, 3.63) is 54.1 Å². The van der Waals surface area contributed by atoms with Gasteiger partial charge in [-0.1, -0.05) is 42.1 Å². The number of tetrazole rings is 1. The minimum atomic E-state index is -0.394. The molecule has 28 heavy (non-hydrogen) atoms. The molecule has 1 N–H and O–H groups in total. The third-order valence-electron chi connectivity index (χ3n) is 4.05. The van der Waals surface area contributed by atoms with Crippen LogP contribution >= 0.6 is 11.8 Å². The summed E-state index contributed by atoms with van der Waals surface area (Å²) < 4.78 is 12.2. The lowest BCUT2D eigenvalue weighted by atomic mass is 10.2. The van der Waals surface area contributed by atoms with Crippen LogP contribution < -0.4 is 14.8 Å². The number of methoxy groups -OCH3 is 2. The van der Waals surface area contributed by atoms with E-state index in [1.54, 1.807) is 18.9 Å². The highest BCUT2D eigenvalue weighted by Crippen LogP contribution is 2.27.